The number of amidine groups is 1. The van der Waals surface area contributed by atoms with E-state index in [1.54, 1.807) is 22.9 Å². The summed E-state index contributed by atoms with van der Waals surface area (Å²) in [5, 5.41) is 8.98. The van der Waals surface area contributed by atoms with Gasteiger partial charge in [-0.25, -0.2) is 8.78 Å². The first-order valence-electron chi connectivity index (χ1n) is 14.9. The summed E-state index contributed by atoms with van der Waals surface area (Å²) < 4.78 is 28.4. The van der Waals surface area contributed by atoms with Gasteiger partial charge >= 0.3 is 0 Å². The van der Waals surface area contributed by atoms with Crippen molar-refractivity contribution in [3.8, 4) is 11.1 Å². The molecule has 3 heterocycles. The molecule has 2 amide bonds. The minimum atomic E-state index is -0.730. The van der Waals surface area contributed by atoms with Gasteiger partial charge in [0.05, 0.1) is 16.8 Å². The molecule has 0 unspecified atom stereocenters. The van der Waals surface area contributed by atoms with E-state index >= 15 is 0 Å². The largest absolute Gasteiger partial charge is 0.390 e. The van der Waals surface area contributed by atoms with Crippen molar-refractivity contribution in [1.82, 2.24) is 14.7 Å². The first kappa shape index (κ1) is 35.5. The minimum absolute atomic E-state index is 0.0278. The average Bonchev–Trinajstić information content (AvgIpc) is 3.01. The van der Waals surface area contributed by atoms with Crippen LogP contribution in [0.2, 0.25) is 5.02 Å². The van der Waals surface area contributed by atoms with Crippen LogP contribution in [0.15, 0.2) is 46.8 Å². The molecule has 2 saturated heterocycles. The summed E-state index contributed by atoms with van der Waals surface area (Å²) >= 11 is 8.22. The lowest BCUT2D eigenvalue weighted by atomic mass is 9.98. The van der Waals surface area contributed by atoms with Crippen LogP contribution in [0.4, 0.5) is 14.5 Å². The van der Waals surface area contributed by atoms with Crippen molar-refractivity contribution in [2.75, 3.05) is 63.5 Å². The van der Waals surface area contributed by atoms with E-state index in [2.05, 4.69) is 28.3 Å². The number of rotatable bonds is 5. The number of likely N-dealkylation sites (tertiary alicyclic amines) is 1. The average molecular weight is 650 g/mol. The van der Waals surface area contributed by atoms with Gasteiger partial charge in [0.25, 0.3) is 0 Å². The van der Waals surface area contributed by atoms with Gasteiger partial charge in [0.1, 0.15) is 17.5 Å². The maximum absolute atomic E-state index is 14.8. The molecule has 0 saturated carbocycles. The van der Waals surface area contributed by atoms with Crippen molar-refractivity contribution in [3.63, 3.8) is 0 Å². The molecule has 0 bridgehead atoms. The molecular formula is C32H42ClF2N5O3S. The number of hydrogen-bond acceptors (Lipinski definition) is 6. The molecule has 0 aliphatic carbocycles. The Labute approximate surface area is 268 Å². The second-order valence-corrected chi connectivity index (χ2v) is 11.8. The van der Waals surface area contributed by atoms with Crippen molar-refractivity contribution in [2.45, 2.75) is 44.7 Å². The predicted molar refractivity (Wildman–Crippen MR) is 176 cm³/mol. The van der Waals surface area contributed by atoms with E-state index in [9.17, 15) is 18.4 Å². The van der Waals surface area contributed by atoms with Crippen molar-refractivity contribution >= 4 is 47.2 Å². The lowest BCUT2D eigenvalue weighted by Crippen LogP contribution is -2.55. The Morgan fingerprint density at radius 3 is 2.41 bits per heavy atom. The first-order valence-corrected chi connectivity index (χ1v) is 16.2. The number of aliphatic hydroxyl groups is 1. The van der Waals surface area contributed by atoms with Gasteiger partial charge < -0.3 is 19.8 Å². The topological polar surface area (TPSA) is 79.7 Å². The summed E-state index contributed by atoms with van der Waals surface area (Å²) in [7, 11) is 1.67. The number of benzene rings is 2. The molecule has 2 aromatic rings. The number of thioether (sulfide) groups is 1. The zero-order valence-electron chi connectivity index (χ0n) is 26.0. The number of amides is 2. The molecule has 1 N–H and O–H groups in total. The second-order valence-electron chi connectivity index (χ2n) is 10.3. The molecule has 0 radical (unpaired) electrons. The highest BCUT2D eigenvalue weighted by molar-refractivity contribution is 7.99. The Morgan fingerprint density at radius 1 is 1.18 bits per heavy atom. The number of β-amino-alcohol motifs (C(OH)–C–C–N with tert-alkyl or cyclic N) is 1. The summed E-state index contributed by atoms with van der Waals surface area (Å²) in [6.45, 7) is 16.5. The number of carbonyl (C=O) groups is 2. The molecule has 12 heteroatoms. The fourth-order valence-corrected chi connectivity index (χ4v) is 7.01. The molecule has 2 fully saturated rings. The molecule has 1 atom stereocenters. The van der Waals surface area contributed by atoms with E-state index in [0.717, 1.165) is 32.1 Å². The highest BCUT2D eigenvalue weighted by Crippen LogP contribution is 2.48. The van der Waals surface area contributed by atoms with E-state index in [0.29, 0.717) is 59.5 Å². The van der Waals surface area contributed by atoms with E-state index < -0.39 is 11.6 Å². The third kappa shape index (κ3) is 7.80. The molecular weight excluding hydrogens is 608 g/mol. The fourth-order valence-electron chi connectivity index (χ4n) is 5.42. The van der Waals surface area contributed by atoms with Crippen LogP contribution in [-0.4, -0.2) is 109 Å². The van der Waals surface area contributed by atoms with Crippen LogP contribution in [0.25, 0.3) is 11.1 Å². The molecule has 44 heavy (non-hydrogen) atoms. The van der Waals surface area contributed by atoms with Crippen molar-refractivity contribution < 1.29 is 23.5 Å². The molecule has 2 aromatic carbocycles. The van der Waals surface area contributed by atoms with Gasteiger partial charge in [0, 0.05) is 85.8 Å². The van der Waals surface area contributed by atoms with Crippen LogP contribution in [0.3, 0.4) is 0 Å². The summed E-state index contributed by atoms with van der Waals surface area (Å²) in [6.07, 6.45) is 2.03. The van der Waals surface area contributed by atoms with E-state index in [1.807, 2.05) is 20.8 Å². The smallest absolute Gasteiger partial charge is 0.246 e. The number of halogens is 3. The monoisotopic (exact) mass is 649 g/mol. The quantitative estimate of drug-likeness (QED) is 0.209. The van der Waals surface area contributed by atoms with Crippen LogP contribution >= 0.6 is 23.4 Å². The first-order chi connectivity index (χ1) is 21.1. The van der Waals surface area contributed by atoms with Gasteiger partial charge in [-0.15, -0.1) is 11.8 Å². The highest BCUT2D eigenvalue weighted by atomic mass is 35.5. The number of likely N-dealkylation sites (N-methyl/N-ethyl adjacent to an activating group) is 1. The van der Waals surface area contributed by atoms with Crippen LogP contribution in [0.1, 0.15) is 33.3 Å². The molecule has 8 nitrogen and oxygen atoms in total. The standard InChI is InChI=1S/C25H25ClF2N4O2S.C5H11NO.C2H6/c1-4-21(34)30-7-8-32(15(2)13-30)25(29-3)18-12-19(26)22(17-6-5-16(27)11-20(17)28)24-23(18)31(14-33)9-10-35-24;1-2-6-3-5(7)4-6;1-2/h4-6,11-12,14-15H,1,7-10,13H2,2-3H3;5,7H,2-4H2,1H3;1-2H3/t15-;;/m0../s1. The zero-order valence-corrected chi connectivity index (χ0v) is 27.6. The molecule has 240 valence electrons. The Morgan fingerprint density at radius 2 is 1.89 bits per heavy atom. The summed E-state index contributed by atoms with van der Waals surface area (Å²) in [6, 6.07) is 5.00. The zero-order chi connectivity index (χ0) is 32.6. The predicted octanol–water partition coefficient (Wildman–Crippen LogP) is 5.16. The van der Waals surface area contributed by atoms with Gasteiger partial charge in [-0.3, -0.25) is 19.5 Å². The van der Waals surface area contributed by atoms with Gasteiger partial charge in [-0.2, -0.15) is 0 Å². The number of fused-ring (bicyclic) bond motifs is 1. The van der Waals surface area contributed by atoms with Crippen molar-refractivity contribution in [1.29, 1.82) is 0 Å². The SMILES string of the molecule is C=CC(=O)N1CCN(C(=NC)c2cc(Cl)c(-c3ccc(F)cc3F)c3c2N(C=O)CCS3)[C@@H](C)C1.CC.CCN1CC(O)C1. The van der Waals surface area contributed by atoms with Gasteiger partial charge in [0.15, 0.2) is 0 Å². The normalized spacial score (nSPS) is 18.7. The van der Waals surface area contributed by atoms with Crippen LogP contribution < -0.4 is 4.90 Å². The van der Waals surface area contributed by atoms with Crippen molar-refractivity contribution in [3.05, 3.63) is 59.1 Å². The van der Waals surface area contributed by atoms with Crippen LogP contribution in [0.5, 0.6) is 0 Å². The molecule has 3 aliphatic rings. The van der Waals surface area contributed by atoms with E-state index in [-0.39, 0.29) is 28.6 Å². The second kappa shape index (κ2) is 16.4. The molecule has 3 aliphatic heterocycles. The molecule has 0 spiro atoms. The lowest BCUT2D eigenvalue weighted by molar-refractivity contribution is -0.128. The number of aliphatic imine (C=N–C) groups is 1. The van der Waals surface area contributed by atoms with Crippen molar-refractivity contribution in [2.24, 2.45) is 4.99 Å². The number of aliphatic hydroxyl groups excluding tert-OH is 1. The van der Waals surface area contributed by atoms with Crippen LogP contribution in [-0.2, 0) is 9.59 Å². The molecule has 0 aromatic heterocycles. The number of anilines is 1. The molecule has 5 rings (SSSR count). The Bertz CT molecular complexity index is 1370. The fraction of sp³-hybridized carbons (Fsp3) is 0.469. The number of hydrogen-bond donors (Lipinski definition) is 1. The van der Waals surface area contributed by atoms with Gasteiger partial charge in [0.2, 0.25) is 12.3 Å². The lowest BCUT2D eigenvalue weighted by Gasteiger charge is -2.42. The third-order valence-electron chi connectivity index (χ3n) is 7.62. The summed E-state index contributed by atoms with van der Waals surface area (Å²) in [5.74, 6) is -0.313. The summed E-state index contributed by atoms with van der Waals surface area (Å²) in [5.41, 5.74) is 1.83. The minimum Gasteiger partial charge on any atom is -0.390 e. The number of piperazine rings is 1. The Kier molecular flexibility index (Phi) is 13.2. The van der Waals surface area contributed by atoms with E-state index in [1.165, 1.54) is 30.0 Å². The number of carbonyl (C=O) groups excluding carboxylic acids is 2. The highest BCUT2D eigenvalue weighted by Gasteiger charge is 2.34. The third-order valence-corrected chi connectivity index (χ3v) is 9.00. The van der Waals surface area contributed by atoms with Crippen LogP contribution in [0, 0.1) is 11.6 Å². The van der Waals surface area contributed by atoms with Gasteiger partial charge in [-0.05, 0) is 37.7 Å². The maximum atomic E-state index is 14.8. The Balaban J connectivity index is 0.000000510. The van der Waals surface area contributed by atoms with E-state index in [4.69, 9.17) is 16.7 Å². The Hall–Kier alpha value is -2.99. The number of nitrogens with zero attached hydrogens (tertiary/aromatic N) is 5. The maximum Gasteiger partial charge on any atom is 0.246 e. The summed E-state index contributed by atoms with van der Waals surface area (Å²) in [4.78, 5) is 37.0. The van der Waals surface area contributed by atoms with Gasteiger partial charge in [-0.1, -0.05) is 39.0 Å².